The molecule has 106 valence electrons. The lowest BCUT2D eigenvalue weighted by atomic mass is 10.1. The van der Waals surface area contributed by atoms with Crippen LogP contribution in [0.4, 0.5) is 0 Å². The first-order valence-corrected chi connectivity index (χ1v) is 6.07. The summed E-state index contributed by atoms with van der Waals surface area (Å²) in [5.41, 5.74) is 0.256. The van der Waals surface area contributed by atoms with Gasteiger partial charge in [-0.15, -0.1) is 0 Å². The Morgan fingerprint density at radius 1 is 1.45 bits per heavy atom. The molecule has 0 radical (unpaired) electrons. The molecule has 0 bridgehead atoms. The maximum absolute atomic E-state index is 11.8. The summed E-state index contributed by atoms with van der Waals surface area (Å²) in [6.45, 7) is 1.59. The number of hydrogen-bond donors (Lipinski definition) is 4. The maximum atomic E-state index is 11.8. The average molecular weight is 276 g/mol. The Balaban J connectivity index is 2.94. The fourth-order valence-corrected chi connectivity index (χ4v) is 1.49. The summed E-state index contributed by atoms with van der Waals surface area (Å²) in [5, 5.41) is 39.1. The minimum Gasteiger partial charge on any atom is -0.504 e. The molecule has 1 unspecified atom stereocenters. The quantitative estimate of drug-likeness (QED) is 0.362. The summed E-state index contributed by atoms with van der Waals surface area (Å²) in [7, 11) is 0. The SMILES string of the molecule is CCC(CO)NC(=O)/C(C#N)=C/c1ccc(O)c(O)c1. The van der Waals surface area contributed by atoms with Gasteiger partial charge >= 0.3 is 0 Å². The van der Waals surface area contributed by atoms with E-state index >= 15 is 0 Å². The van der Waals surface area contributed by atoms with Crippen molar-refractivity contribution in [2.75, 3.05) is 6.61 Å². The van der Waals surface area contributed by atoms with E-state index in [0.29, 0.717) is 12.0 Å². The van der Waals surface area contributed by atoms with Crippen molar-refractivity contribution in [1.82, 2.24) is 5.32 Å². The molecule has 0 aromatic heterocycles. The minimum absolute atomic E-state index is 0.151. The Bertz CT molecular complexity index is 557. The molecule has 0 aliphatic carbocycles. The van der Waals surface area contributed by atoms with Crippen LogP contribution < -0.4 is 5.32 Å². The number of nitriles is 1. The van der Waals surface area contributed by atoms with Gasteiger partial charge < -0.3 is 20.6 Å². The van der Waals surface area contributed by atoms with Crippen LogP contribution in [0.25, 0.3) is 6.08 Å². The van der Waals surface area contributed by atoms with Crippen LogP contribution in [-0.4, -0.2) is 33.9 Å². The van der Waals surface area contributed by atoms with Crippen LogP contribution in [-0.2, 0) is 4.79 Å². The average Bonchev–Trinajstić information content (AvgIpc) is 2.45. The largest absolute Gasteiger partial charge is 0.504 e. The van der Waals surface area contributed by atoms with Crippen LogP contribution >= 0.6 is 0 Å². The van der Waals surface area contributed by atoms with E-state index in [0.717, 1.165) is 0 Å². The molecule has 0 saturated carbocycles. The fourth-order valence-electron chi connectivity index (χ4n) is 1.49. The summed E-state index contributed by atoms with van der Waals surface area (Å²) in [6.07, 6.45) is 1.83. The molecule has 1 aromatic rings. The zero-order valence-electron chi connectivity index (χ0n) is 11.0. The van der Waals surface area contributed by atoms with Gasteiger partial charge in [0.25, 0.3) is 5.91 Å². The molecule has 0 heterocycles. The molecule has 6 heteroatoms. The fraction of sp³-hybridized carbons (Fsp3) is 0.286. The van der Waals surface area contributed by atoms with Gasteiger partial charge in [-0.2, -0.15) is 5.26 Å². The van der Waals surface area contributed by atoms with Gasteiger partial charge in [0, 0.05) is 0 Å². The highest BCUT2D eigenvalue weighted by Crippen LogP contribution is 2.25. The van der Waals surface area contributed by atoms with Crippen molar-refractivity contribution < 1.29 is 20.1 Å². The molecule has 0 fully saturated rings. The molecule has 1 aromatic carbocycles. The maximum Gasteiger partial charge on any atom is 0.262 e. The monoisotopic (exact) mass is 276 g/mol. The van der Waals surface area contributed by atoms with E-state index in [2.05, 4.69) is 5.32 Å². The predicted molar refractivity (Wildman–Crippen MR) is 72.7 cm³/mol. The van der Waals surface area contributed by atoms with Gasteiger partial charge in [-0.3, -0.25) is 4.79 Å². The molecule has 1 rings (SSSR count). The Morgan fingerprint density at radius 3 is 2.65 bits per heavy atom. The third-order valence-electron chi connectivity index (χ3n) is 2.72. The second-order valence-electron chi connectivity index (χ2n) is 4.18. The molecule has 6 nitrogen and oxygen atoms in total. The number of amides is 1. The number of phenols is 2. The number of aliphatic hydroxyl groups is 1. The molecule has 0 aliphatic rings. The third-order valence-corrected chi connectivity index (χ3v) is 2.72. The van der Waals surface area contributed by atoms with E-state index in [1.807, 2.05) is 0 Å². The molecular formula is C14H16N2O4. The minimum atomic E-state index is -0.596. The molecule has 0 aliphatic heterocycles. The van der Waals surface area contributed by atoms with Crippen LogP contribution in [0.2, 0.25) is 0 Å². The number of hydrogen-bond acceptors (Lipinski definition) is 5. The summed E-state index contributed by atoms with van der Waals surface area (Å²) >= 11 is 0. The van der Waals surface area contributed by atoms with E-state index in [1.165, 1.54) is 24.3 Å². The van der Waals surface area contributed by atoms with Crippen molar-refractivity contribution in [2.24, 2.45) is 0 Å². The van der Waals surface area contributed by atoms with Crippen molar-refractivity contribution in [3.05, 3.63) is 29.3 Å². The Kier molecular flexibility index (Phi) is 5.56. The van der Waals surface area contributed by atoms with Crippen LogP contribution in [0.15, 0.2) is 23.8 Å². The second kappa shape index (κ2) is 7.16. The lowest BCUT2D eigenvalue weighted by molar-refractivity contribution is -0.118. The Morgan fingerprint density at radius 2 is 2.15 bits per heavy atom. The van der Waals surface area contributed by atoms with Gasteiger partial charge in [0.2, 0.25) is 0 Å². The van der Waals surface area contributed by atoms with Crippen LogP contribution in [0.1, 0.15) is 18.9 Å². The number of nitrogens with one attached hydrogen (secondary N) is 1. The molecule has 0 saturated heterocycles. The number of carbonyl (C=O) groups is 1. The highest BCUT2D eigenvalue weighted by Gasteiger charge is 2.13. The van der Waals surface area contributed by atoms with Crippen molar-refractivity contribution in [3.63, 3.8) is 0 Å². The predicted octanol–water partition coefficient (Wildman–Crippen LogP) is 0.892. The van der Waals surface area contributed by atoms with Crippen molar-refractivity contribution in [3.8, 4) is 17.6 Å². The van der Waals surface area contributed by atoms with E-state index < -0.39 is 11.9 Å². The number of rotatable bonds is 5. The number of phenolic OH excluding ortho intramolecular Hbond substituents is 2. The Labute approximate surface area is 116 Å². The highest BCUT2D eigenvalue weighted by molar-refractivity contribution is 6.01. The lowest BCUT2D eigenvalue weighted by Gasteiger charge is -2.13. The summed E-state index contributed by atoms with van der Waals surface area (Å²) in [4.78, 5) is 11.8. The molecule has 4 N–H and O–H groups in total. The summed E-state index contributed by atoms with van der Waals surface area (Å²) in [5.74, 6) is -1.21. The smallest absolute Gasteiger partial charge is 0.262 e. The lowest BCUT2D eigenvalue weighted by Crippen LogP contribution is -2.37. The normalized spacial score (nSPS) is 12.6. The number of carbonyl (C=O) groups excluding carboxylic acids is 1. The van der Waals surface area contributed by atoms with Gasteiger partial charge in [-0.05, 0) is 30.2 Å². The van der Waals surface area contributed by atoms with Crippen LogP contribution in [0.5, 0.6) is 11.5 Å². The molecule has 20 heavy (non-hydrogen) atoms. The number of aliphatic hydroxyl groups excluding tert-OH is 1. The van der Waals surface area contributed by atoms with Crippen molar-refractivity contribution in [2.45, 2.75) is 19.4 Å². The number of nitrogens with zero attached hydrogens (tertiary/aromatic N) is 1. The van der Waals surface area contributed by atoms with Crippen LogP contribution in [0.3, 0.4) is 0 Å². The zero-order chi connectivity index (χ0) is 15.1. The summed E-state index contributed by atoms with van der Waals surface area (Å²) in [6, 6.07) is 5.31. The number of benzene rings is 1. The Hall–Kier alpha value is -2.52. The summed E-state index contributed by atoms with van der Waals surface area (Å²) < 4.78 is 0. The zero-order valence-corrected chi connectivity index (χ0v) is 11.0. The van der Waals surface area contributed by atoms with Gasteiger partial charge in [0.05, 0.1) is 12.6 Å². The first kappa shape index (κ1) is 15.5. The first-order chi connectivity index (χ1) is 9.51. The molecular weight excluding hydrogens is 260 g/mol. The first-order valence-electron chi connectivity index (χ1n) is 6.07. The van der Waals surface area contributed by atoms with Crippen LogP contribution in [0, 0.1) is 11.3 Å². The van der Waals surface area contributed by atoms with Gasteiger partial charge in [0.15, 0.2) is 11.5 Å². The van der Waals surface area contributed by atoms with E-state index in [-0.39, 0.29) is 23.7 Å². The van der Waals surface area contributed by atoms with E-state index in [9.17, 15) is 15.0 Å². The standard InChI is InChI=1S/C14H16N2O4/c1-2-11(8-17)16-14(20)10(7-15)5-9-3-4-12(18)13(19)6-9/h3-6,11,17-19H,2,8H2,1H3,(H,16,20)/b10-5+. The van der Waals surface area contributed by atoms with E-state index in [1.54, 1.807) is 13.0 Å². The van der Waals surface area contributed by atoms with Gasteiger partial charge in [-0.25, -0.2) is 0 Å². The van der Waals surface area contributed by atoms with E-state index in [4.69, 9.17) is 10.4 Å². The second-order valence-corrected chi connectivity index (χ2v) is 4.18. The topological polar surface area (TPSA) is 114 Å². The van der Waals surface area contributed by atoms with Gasteiger partial charge in [0.1, 0.15) is 11.6 Å². The number of aromatic hydroxyl groups is 2. The van der Waals surface area contributed by atoms with Gasteiger partial charge in [-0.1, -0.05) is 13.0 Å². The molecule has 1 atom stereocenters. The highest BCUT2D eigenvalue weighted by atomic mass is 16.3. The molecule has 1 amide bonds. The van der Waals surface area contributed by atoms with Crippen molar-refractivity contribution in [1.29, 1.82) is 5.26 Å². The molecule has 0 spiro atoms. The van der Waals surface area contributed by atoms with Crippen molar-refractivity contribution >= 4 is 12.0 Å². The third kappa shape index (κ3) is 4.00.